The number of rotatable bonds is 1. The second-order valence-electron chi connectivity index (χ2n) is 2.05. The fraction of sp³-hybridized carbons (Fsp3) is 0.429. The number of nitrogens with one attached hydrogen (secondary N) is 1. The molecule has 52 valence electrons. The predicted molar refractivity (Wildman–Crippen MR) is 39.7 cm³/mol. The summed E-state index contributed by atoms with van der Waals surface area (Å²) in [5.41, 5.74) is 1.61. The predicted octanol–water partition coefficient (Wildman–Crippen LogP) is 0.458. The Balaban J connectivity index is 2.73. The van der Waals surface area contributed by atoms with Crippen molar-refractivity contribution in [2.75, 3.05) is 13.6 Å². The van der Waals surface area contributed by atoms with Crippen molar-refractivity contribution in [3.05, 3.63) is 11.8 Å². The number of dihydropyridines is 1. The van der Waals surface area contributed by atoms with Gasteiger partial charge in [-0.25, -0.2) is 0 Å². The van der Waals surface area contributed by atoms with E-state index in [1.165, 1.54) is 0 Å². The Bertz CT molecular complexity index is 219. The first kappa shape index (κ1) is 6.81. The van der Waals surface area contributed by atoms with E-state index in [-0.39, 0.29) is 0 Å². The van der Waals surface area contributed by atoms with Gasteiger partial charge in [0.25, 0.3) is 0 Å². The Morgan fingerprint density at radius 3 is 3.20 bits per heavy atom. The Labute approximate surface area is 60.1 Å². The highest BCUT2D eigenvalue weighted by atomic mass is 14.9. The van der Waals surface area contributed by atoms with Gasteiger partial charge in [0.15, 0.2) is 0 Å². The van der Waals surface area contributed by atoms with Crippen molar-refractivity contribution in [3.8, 4) is 6.07 Å². The molecule has 1 rings (SSSR count). The topological polar surface area (TPSA) is 48.2 Å². The Kier molecular flexibility index (Phi) is 2.06. The number of aliphatic imine (C=N–C) groups is 1. The number of allylic oxidation sites excluding steroid dienone is 1. The van der Waals surface area contributed by atoms with Crippen molar-refractivity contribution in [2.45, 2.75) is 6.42 Å². The first-order valence-electron chi connectivity index (χ1n) is 3.19. The molecule has 1 heterocycles. The minimum absolute atomic E-state index is 0.524. The average molecular weight is 135 g/mol. The van der Waals surface area contributed by atoms with Crippen LogP contribution in [-0.2, 0) is 0 Å². The highest BCUT2D eigenvalue weighted by molar-refractivity contribution is 6.07. The van der Waals surface area contributed by atoms with Crippen molar-refractivity contribution in [3.63, 3.8) is 0 Å². The highest BCUT2D eigenvalue weighted by Crippen LogP contribution is 2.03. The summed E-state index contributed by atoms with van der Waals surface area (Å²) in [5.74, 6) is 0. The van der Waals surface area contributed by atoms with Gasteiger partial charge in [-0.1, -0.05) is 0 Å². The molecule has 0 spiro atoms. The summed E-state index contributed by atoms with van der Waals surface area (Å²) in [6.07, 6.45) is 2.70. The van der Waals surface area contributed by atoms with Crippen LogP contribution in [0, 0.1) is 11.3 Å². The van der Waals surface area contributed by atoms with E-state index in [0.29, 0.717) is 5.71 Å². The molecule has 10 heavy (non-hydrogen) atoms. The first-order chi connectivity index (χ1) is 4.86. The summed E-state index contributed by atoms with van der Waals surface area (Å²) in [4.78, 5) is 3.99. The lowest BCUT2D eigenvalue weighted by atomic mass is 10.2. The minimum atomic E-state index is 0.524. The standard InChI is InChI=1S/C7H9N3/c1-9-6-2-3-10-7(4-6)5-8/h4,9H,2-3H2,1H3. The van der Waals surface area contributed by atoms with E-state index in [1.807, 2.05) is 13.1 Å². The van der Waals surface area contributed by atoms with Crippen LogP contribution in [-0.4, -0.2) is 19.3 Å². The maximum absolute atomic E-state index is 8.45. The van der Waals surface area contributed by atoms with Crippen LogP contribution in [0.3, 0.4) is 0 Å². The monoisotopic (exact) mass is 135 g/mol. The Morgan fingerprint density at radius 2 is 2.60 bits per heavy atom. The van der Waals surface area contributed by atoms with Gasteiger partial charge in [-0.15, -0.1) is 0 Å². The fourth-order valence-electron chi connectivity index (χ4n) is 0.844. The van der Waals surface area contributed by atoms with E-state index < -0.39 is 0 Å². The molecule has 3 heteroatoms. The van der Waals surface area contributed by atoms with Crippen LogP contribution < -0.4 is 5.32 Å². The quantitative estimate of drug-likeness (QED) is 0.567. The lowest BCUT2D eigenvalue weighted by molar-refractivity contribution is 0.836. The molecule has 0 aromatic rings. The maximum atomic E-state index is 8.45. The summed E-state index contributed by atoms with van der Waals surface area (Å²) >= 11 is 0. The van der Waals surface area contributed by atoms with Crippen molar-refractivity contribution in [2.24, 2.45) is 4.99 Å². The molecular weight excluding hydrogens is 126 g/mol. The molecule has 0 atom stereocenters. The van der Waals surface area contributed by atoms with Crippen LogP contribution >= 0.6 is 0 Å². The van der Waals surface area contributed by atoms with Gasteiger partial charge in [-0.2, -0.15) is 5.26 Å². The molecule has 0 amide bonds. The van der Waals surface area contributed by atoms with E-state index in [9.17, 15) is 0 Å². The summed E-state index contributed by atoms with van der Waals surface area (Å²) in [7, 11) is 1.85. The van der Waals surface area contributed by atoms with Gasteiger partial charge >= 0.3 is 0 Å². The molecule has 0 aliphatic carbocycles. The average Bonchev–Trinajstić information content (AvgIpc) is 2.05. The van der Waals surface area contributed by atoms with E-state index in [0.717, 1.165) is 18.7 Å². The molecule has 0 radical (unpaired) electrons. The number of nitriles is 1. The van der Waals surface area contributed by atoms with Crippen LogP contribution in [0.5, 0.6) is 0 Å². The maximum Gasteiger partial charge on any atom is 0.136 e. The lowest BCUT2D eigenvalue weighted by Gasteiger charge is -2.07. The summed E-state index contributed by atoms with van der Waals surface area (Å²) < 4.78 is 0. The zero-order valence-electron chi connectivity index (χ0n) is 5.89. The third-order valence-corrected chi connectivity index (χ3v) is 1.41. The van der Waals surface area contributed by atoms with Crippen LogP contribution in [0.1, 0.15) is 6.42 Å². The molecular formula is C7H9N3. The molecule has 1 aliphatic heterocycles. The van der Waals surface area contributed by atoms with Gasteiger partial charge in [-0.3, -0.25) is 4.99 Å². The van der Waals surface area contributed by atoms with Gasteiger partial charge in [0.05, 0.1) is 0 Å². The molecule has 0 fully saturated rings. The zero-order chi connectivity index (χ0) is 7.40. The largest absolute Gasteiger partial charge is 0.391 e. The van der Waals surface area contributed by atoms with Crippen LogP contribution in [0.4, 0.5) is 0 Å². The normalized spacial score (nSPS) is 16.8. The summed E-state index contributed by atoms with van der Waals surface area (Å²) in [6.45, 7) is 0.732. The van der Waals surface area contributed by atoms with Gasteiger partial charge in [0.1, 0.15) is 11.8 Å². The SMILES string of the molecule is CNC1=CC(C#N)=NCC1. The molecule has 0 saturated heterocycles. The van der Waals surface area contributed by atoms with Crippen LogP contribution in [0.2, 0.25) is 0 Å². The van der Waals surface area contributed by atoms with Crippen LogP contribution in [0.15, 0.2) is 16.8 Å². The highest BCUT2D eigenvalue weighted by Gasteiger charge is 2.02. The second kappa shape index (κ2) is 3.02. The zero-order valence-corrected chi connectivity index (χ0v) is 5.89. The molecule has 0 saturated carbocycles. The molecule has 3 nitrogen and oxygen atoms in total. The van der Waals surface area contributed by atoms with Crippen molar-refractivity contribution in [1.29, 1.82) is 5.26 Å². The van der Waals surface area contributed by atoms with Crippen molar-refractivity contribution >= 4 is 5.71 Å². The first-order valence-corrected chi connectivity index (χ1v) is 3.19. The Morgan fingerprint density at radius 1 is 1.80 bits per heavy atom. The van der Waals surface area contributed by atoms with E-state index in [4.69, 9.17) is 5.26 Å². The second-order valence-corrected chi connectivity index (χ2v) is 2.05. The third kappa shape index (κ3) is 1.35. The smallest absolute Gasteiger partial charge is 0.136 e. The van der Waals surface area contributed by atoms with E-state index in [2.05, 4.69) is 10.3 Å². The lowest BCUT2D eigenvalue weighted by Crippen LogP contribution is -2.13. The van der Waals surface area contributed by atoms with Gasteiger partial charge in [0.2, 0.25) is 0 Å². The van der Waals surface area contributed by atoms with Crippen LogP contribution in [0.25, 0.3) is 0 Å². The van der Waals surface area contributed by atoms with Gasteiger partial charge in [-0.05, 0) is 6.08 Å². The number of hydrogen-bond acceptors (Lipinski definition) is 3. The molecule has 1 aliphatic rings. The van der Waals surface area contributed by atoms with Gasteiger partial charge in [0, 0.05) is 25.7 Å². The number of hydrogen-bond donors (Lipinski definition) is 1. The minimum Gasteiger partial charge on any atom is -0.391 e. The Hall–Kier alpha value is -1.30. The molecule has 0 bridgehead atoms. The van der Waals surface area contributed by atoms with E-state index in [1.54, 1.807) is 6.08 Å². The van der Waals surface area contributed by atoms with E-state index >= 15 is 0 Å². The number of nitrogens with zero attached hydrogens (tertiary/aromatic N) is 2. The third-order valence-electron chi connectivity index (χ3n) is 1.41. The summed E-state index contributed by atoms with van der Waals surface area (Å²) in [5, 5.41) is 11.4. The van der Waals surface area contributed by atoms with Gasteiger partial charge < -0.3 is 5.32 Å². The fourth-order valence-corrected chi connectivity index (χ4v) is 0.844. The molecule has 0 unspecified atom stereocenters. The molecule has 1 N–H and O–H groups in total. The van der Waals surface area contributed by atoms with Crippen molar-refractivity contribution in [1.82, 2.24) is 5.32 Å². The molecule has 0 aromatic carbocycles. The van der Waals surface area contributed by atoms with Crippen molar-refractivity contribution < 1.29 is 0 Å². The molecule has 0 aromatic heterocycles. The summed E-state index contributed by atoms with van der Waals surface area (Å²) in [6, 6.07) is 2.00.